The zero-order chi connectivity index (χ0) is 30.7. The van der Waals surface area contributed by atoms with Crippen molar-refractivity contribution in [1.82, 2.24) is 0 Å². The van der Waals surface area contributed by atoms with Crippen LogP contribution in [-0.4, -0.2) is 40.1 Å². The Morgan fingerprint density at radius 2 is 1.02 bits per heavy atom. The second kappa shape index (κ2) is 9.13. The number of anilines is 5. The van der Waals surface area contributed by atoms with E-state index in [-0.39, 0.29) is 0 Å². The maximum absolute atomic E-state index is 12.7. The summed E-state index contributed by atoms with van der Waals surface area (Å²) in [6, 6.07) is 31.8. The fraction of sp³-hybridized carbons (Fsp3) is 0.105. The average molecular weight is 606 g/mol. The van der Waals surface area contributed by atoms with Crippen LogP contribution in [0.15, 0.2) is 101 Å². The van der Waals surface area contributed by atoms with Crippen molar-refractivity contribution in [1.29, 1.82) is 0 Å². The van der Waals surface area contributed by atoms with Crippen LogP contribution >= 0.6 is 11.8 Å². The number of carbonyl (C=O) groups is 2. The van der Waals surface area contributed by atoms with E-state index < -0.39 is 11.9 Å². The maximum Gasteiger partial charge on any atom is 0.346 e. The summed E-state index contributed by atoms with van der Waals surface area (Å²) in [4.78, 5) is 34.5. The molecule has 0 bridgehead atoms. The summed E-state index contributed by atoms with van der Waals surface area (Å²) < 4.78 is 5.05. The van der Waals surface area contributed by atoms with E-state index in [0.29, 0.717) is 16.5 Å². The van der Waals surface area contributed by atoms with E-state index in [4.69, 9.17) is 4.74 Å². The van der Waals surface area contributed by atoms with Crippen LogP contribution in [0.2, 0.25) is 0 Å². The van der Waals surface area contributed by atoms with Gasteiger partial charge in [0.25, 0.3) is 0 Å². The van der Waals surface area contributed by atoms with Crippen LogP contribution in [0.4, 0.5) is 28.4 Å². The van der Waals surface area contributed by atoms with Gasteiger partial charge in [0.2, 0.25) is 0 Å². The molecule has 7 aromatic rings. The summed E-state index contributed by atoms with van der Waals surface area (Å²) in [6.07, 6.45) is 0. The van der Waals surface area contributed by atoms with E-state index in [1.807, 2.05) is 23.9 Å². The topological polar surface area (TPSA) is 53.1 Å². The summed E-state index contributed by atoms with van der Waals surface area (Å²) in [6.45, 7) is 0. The molecule has 7 heteroatoms. The second-order valence-corrected chi connectivity index (χ2v) is 13.2. The number of rotatable bonds is 3. The summed E-state index contributed by atoms with van der Waals surface area (Å²) in [5.41, 5.74) is 6.57. The lowest BCUT2D eigenvalue weighted by atomic mass is 9.85. The first-order valence-electron chi connectivity index (χ1n) is 14.8. The van der Waals surface area contributed by atoms with Crippen molar-refractivity contribution < 1.29 is 14.3 Å². The van der Waals surface area contributed by atoms with Gasteiger partial charge in [-0.05, 0) is 86.9 Å². The Kier molecular flexibility index (Phi) is 5.30. The summed E-state index contributed by atoms with van der Waals surface area (Å²) in [7, 11) is 8.29. The number of hydrogen-bond donors (Lipinski definition) is 0. The lowest BCUT2D eigenvalue weighted by molar-refractivity contribution is 0.0391. The van der Waals surface area contributed by atoms with E-state index in [0.717, 1.165) is 66.1 Å². The predicted octanol–water partition coefficient (Wildman–Crippen LogP) is 9.11. The molecule has 0 N–H and O–H groups in total. The molecule has 2 aliphatic rings. The van der Waals surface area contributed by atoms with Crippen molar-refractivity contribution in [2.45, 2.75) is 9.79 Å². The third-order valence-corrected chi connectivity index (χ3v) is 10.3. The molecule has 218 valence electrons. The van der Waals surface area contributed by atoms with Crippen molar-refractivity contribution in [3.63, 3.8) is 0 Å². The molecule has 7 aromatic carbocycles. The van der Waals surface area contributed by atoms with Gasteiger partial charge in [-0.3, -0.25) is 0 Å². The van der Waals surface area contributed by atoms with Gasteiger partial charge in [0.05, 0.1) is 28.2 Å². The number of esters is 2. The molecule has 0 saturated carbocycles. The molecule has 0 aliphatic carbocycles. The minimum Gasteiger partial charge on any atom is -0.386 e. The van der Waals surface area contributed by atoms with Crippen molar-refractivity contribution in [3.8, 4) is 0 Å². The molecule has 2 heterocycles. The van der Waals surface area contributed by atoms with E-state index >= 15 is 0 Å². The van der Waals surface area contributed by atoms with Crippen LogP contribution in [0.3, 0.4) is 0 Å². The largest absolute Gasteiger partial charge is 0.386 e. The fourth-order valence-electron chi connectivity index (χ4n) is 7.12. The number of carbonyl (C=O) groups excluding carboxylic acids is 2. The lowest BCUT2D eigenvalue weighted by Crippen LogP contribution is -2.19. The van der Waals surface area contributed by atoms with Gasteiger partial charge in [-0.15, -0.1) is 0 Å². The Labute approximate surface area is 263 Å². The first-order chi connectivity index (χ1) is 21.8. The molecule has 45 heavy (non-hydrogen) atoms. The summed E-state index contributed by atoms with van der Waals surface area (Å²) in [5.74, 6) is -1.18. The molecule has 0 saturated heterocycles. The number of cyclic esters (lactones) is 2. The van der Waals surface area contributed by atoms with Crippen molar-refractivity contribution in [2.75, 3.05) is 42.9 Å². The molecule has 0 radical (unpaired) electrons. The zero-order valence-electron chi connectivity index (χ0n) is 25.1. The van der Waals surface area contributed by atoms with Gasteiger partial charge in [0.1, 0.15) is 0 Å². The second-order valence-electron chi connectivity index (χ2n) is 12.1. The maximum atomic E-state index is 12.7. The quantitative estimate of drug-likeness (QED) is 0.0862. The average Bonchev–Trinajstić information content (AvgIpc) is 3.04. The van der Waals surface area contributed by atoms with Gasteiger partial charge in [0, 0.05) is 60.1 Å². The van der Waals surface area contributed by atoms with E-state index in [1.54, 1.807) is 12.1 Å². The van der Waals surface area contributed by atoms with Gasteiger partial charge >= 0.3 is 11.9 Å². The molecule has 0 atom stereocenters. The molecule has 2 aliphatic heterocycles. The third-order valence-electron chi connectivity index (χ3n) is 9.25. The Morgan fingerprint density at radius 1 is 0.533 bits per heavy atom. The fourth-order valence-corrected chi connectivity index (χ4v) is 8.24. The minimum atomic E-state index is -0.592. The lowest BCUT2D eigenvalue weighted by Gasteiger charge is -2.35. The van der Waals surface area contributed by atoms with E-state index in [9.17, 15) is 9.59 Å². The Morgan fingerprint density at radius 3 is 1.60 bits per heavy atom. The summed E-state index contributed by atoms with van der Waals surface area (Å²) >= 11 is 1.81. The Bertz CT molecular complexity index is 2320. The molecule has 9 rings (SSSR count). The Balaban J connectivity index is 1.37. The van der Waals surface area contributed by atoms with Crippen LogP contribution in [-0.2, 0) is 4.74 Å². The molecular formula is C38H27N3O3S. The molecule has 6 nitrogen and oxygen atoms in total. The molecule has 0 unspecified atom stereocenters. The van der Waals surface area contributed by atoms with Crippen molar-refractivity contribution >= 4 is 95.2 Å². The monoisotopic (exact) mass is 605 g/mol. The summed E-state index contributed by atoms with van der Waals surface area (Å²) in [5, 5.41) is 8.12. The Hall–Kier alpha value is -5.27. The van der Waals surface area contributed by atoms with Crippen LogP contribution < -0.4 is 14.7 Å². The number of fused-ring (bicyclic) bond motifs is 4. The van der Waals surface area contributed by atoms with Gasteiger partial charge in [-0.25, -0.2) is 9.59 Å². The normalized spacial score (nSPS) is 13.9. The highest BCUT2D eigenvalue weighted by Gasteiger charge is 2.31. The highest BCUT2D eigenvalue weighted by Crippen LogP contribution is 2.55. The smallest absolute Gasteiger partial charge is 0.346 e. The van der Waals surface area contributed by atoms with Crippen LogP contribution in [0.25, 0.3) is 43.1 Å². The van der Waals surface area contributed by atoms with E-state index in [1.165, 1.54) is 9.79 Å². The molecule has 0 spiro atoms. The molecular weight excluding hydrogens is 579 g/mol. The van der Waals surface area contributed by atoms with Crippen LogP contribution in [0.1, 0.15) is 20.7 Å². The number of ether oxygens (including phenoxy) is 1. The van der Waals surface area contributed by atoms with Crippen LogP contribution in [0, 0.1) is 0 Å². The highest BCUT2D eigenvalue weighted by molar-refractivity contribution is 7.99. The standard InChI is InChI=1S/C38H27N3O3S/c1-39(2)20-8-15-30-32(18-20)45-33-19-21(40(3)4)9-16-31(33)41(30)29-17-14-23-25-11-13-28-36-27(37(42)44-38(28)43)12-10-24(35(25)36)22-6-5-7-26(29)34(22)23/h5-19H,1-4H3. The van der Waals surface area contributed by atoms with Crippen LogP contribution in [0.5, 0.6) is 0 Å². The van der Waals surface area contributed by atoms with Crippen molar-refractivity contribution in [2.24, 2.45) is 0 Å². The zero-order valence-corrected chi connectivity index (χ0v) is 26.0. The first kappa shape index (κ1) is 26.2. The minimum absolute atomic E-state index is 0.436. The highest BCUT2D eigenvalue weighted by atomic mass is 32.2. The third kappa shape index (κ3) is 3.53. The first-order valence-corrected chi connectivity index (χ1v) is 15.7. The number of nitrogens with zero attached hydrogens (tertiary/aromatic N) is 3. The number of hydrogen-bond acceptors (Lipinski definition) is 7. The van der Waals surface area contributed by atoms with Gasteiger partial charge in [-0.1, -0.05) is 48.2 Å². The van der Waals surface area contributed by atoms with Crippen molar-refractivity contribution in [3.05, 3.63) is 102 Å². The predicted molar refractivity (Wildman–Crippen MR) is 185 cm³/mol. The van der Waals surface area contributed by atoms with E-state index in [2.05, 4.69) is 110 Å². The SMILES string of the molecule is CN(C)c1ccc2c(c1)Sc1cc(N(C)C)ccc1N2c1ccc2c3ccc4c5c(ccc(c6cccc1c62)c53)C(=O)OC4=O. The van der Waals surface area contributed by atoms with Gasteiger partial charge < -0.3 is 19.4 Å². The number of benzene rings is 7. The van der Waals surface area contributed by atoms with Gasteiger partial charge in [0.15, 0.2) is 0 Å². The van der Waals surface area contributed by atoms with Gasteiger partial charge in [-0.2, -0.15) is 0 Å². The molecule has 0 amide bonds. The molecule has 0 fully saturated rings. The molecule has 0 aromatic heterocycles.